The molecule has 0 aliphatic carbocycles. The van der Waals surface area contributed by atoms with Crippen LogP contribution in [0.5, 0.6) is 5.75 Å². The van der Waals surface area contributed by atoms with Crippen LogP contribution in [0.25, 0.3) is 0 Å². The van der Waals surface area contributed by atoms with Gasteiger partial charge in [-0.1, -0.05) is 28.9 Å². The van der Waals surface area contributed by atoms with Crippen LogP contribution in [0, 0.1) is 11.8 Å². The maximum atomic E-state index is 12.1. The number of urea groups is 1. The quantitative estimate of drug-likeness (QED) is 0.764. The van der Waals surface area contributed by atoms with Crippen LogP contribution in [0.4, 0.5) is 4.79 Å². The first-order chi connectivity index (χ1) is 11.0. The summed E-state index contributed by atoms with van der Waals surface area (Å²) in [5, 5.41) is 11.9. The summed E-state index contributed by atoms with van der Waals surface area (Å²) in [5.74, 6) is -0.408. The summed E-state index contributed by atoms with van der Waals surface area (Å²) in [6.45, 7) is 3.54. The standard InChI is InChI=1S/C16H21BrN2O4/c1-11-7-12(15(20)21)10-19(9-11)16(22)18-5-6-23-14-4-2-3-13(17)8-14/h2-4,8,11-12H,5-7,9-10H2,1H3,(H,18,22)(H,20,21). The largest absolute Gasteiger partial charge is 0.492 e. The SMILES string of the molecule is CC1CC(C(=O)O)CN(C(=O)NCCOc2cccc(Br)c2)C1. The van der Waals surface area contributed by atoms with E-state index < -0.39 is 11.9 Å². The fourth-order valence-electron chi connectivity index (χ4n) is 2.69. The number of carbonyl (C=O) groups excluding carboxylic acids is 1. The van der Waals surface area contributed by atoms with Crippen LogP contribution >= 0.6 is 15.9 Å². The number of hydrogen-bond acceptors (Lipinski definition) is 3. The Morgan fingerprint density at radius 2 is 2.22 bits per heavy atom. The van der Waals surface area contributed by atoms with Crippen molar-refractivity contribution in [3.05, 3.63) is 28.7 Å². The van der Waals surface area contributed by atoms with Gasteiger partial charge in [0, 0.05) is 17.6 Å². The van der Waals surface area contributed by atoms with E-state index in [-0.39, 0.29) is 18.5 Å². The molecule has 2 N–H and O–H groups in total. The zero-order chi connectivity index (χ0) is 16.8. The molecule has 23 heavy (non-hydrogen) atoms. The highest BCUT2D eigenvalue weighted by Crippen LogP contribution is 2.21. The molecule has 0 spiro atoms. The van der Waals surface area contributed by atoms with Crippen molar-refractivity contribution in [2.75, 3.05) is 26.2 Å². The molecule has 7 heteroatoms. The van der Waals surface area contributed by atoms with Gasteiger partial charge in [-0.25, -0.2) is 4.79 Å². The second-order valence-corrected chi connectivity index (χ2v) is 6.73. The number of aliphatic carboxylic acids is 1. The highest BCUT2D eigenvalue weighted by molar-refractivity contribution is 9.10. The monoisotopic (exact) mass is 384 g/mol. The summed E-state index contributed by atoms with van der Waals surface area (Å²) in [7, 11) is 0. The number of carbonyl (C=O) groups is 2. The predicted octanol–water partition coefficient (Wildman–Crippen LogP) is 2.58. The Morgan fingerprint density at radius 1 is 1.43 bits per heavy atom. The molecule has 1 aromatic rings. The van der Waals surface area contributed by atoms with Gasteiger partial charge in [0.25, 0.3) is 0 Å². The van der Waals surface area contributed by atoms with Gasteiger partial charge < -0.3 is 20.1 Å². The van der Waals surface area contributed by atoms with Gasteiger partial charge in [0.15, 0.2) is 0 Å². The molecule has 2 unspecified atom stereocenters. The number of ether oxygens (including phenoxy) is 1. The lowest BCUT2D eigenvalue weighted by molar-refractivity contribution is -0.143. The molecular formula is C16H21BrN2O4. The predicted molar refractivity (Wildman–Crippen MR) is 89.5 cm³/mol. The van der Waals surface area contributed by atoms with Crippen LogP contribution in [-0.2, 0) is 4.79 Å². The smallest absolute Gasteiger partial charge is 0.317 e. The van der Waals surface area contributed by atoms with E-state index in [9.17, 15) is 9.59 Å². The number of carboxylic acids is 1. The molecule has 0 bridgehead atoms. The Kier molecular flexibility index (Phi) is 6.27. The molecule has 6 nitrogen and oxygen atoms in total. The topological polar surface area (TPSA) is 78.9 Å². The molecule has 2 amide bonds. The Bertz CT molecular complexity index is 567. The maximum Gasteiger partial charge on any atom is 0.317 e. The van der Waals surface area contributed by atoms with E-state index in [0.29, 0.717) is 26.1 Å². The van der Waals surface area contributed by atoms with Gasteiger partial charge in [-0.2, -0.15) is 0 Å². The summed E-state index contributed by atoms with van der Waals surface area (Å²) in [5.41, 5.74) is 0. The number of likely N-dealkylation sites (tertiary alicyclic amines) is 1. The van der Waals surface area contributed by atoms with E-state index >= 15 is 0 Å². The summed E-state index contributed by atoms with van der Waals surface area (Å²) in [4.78, 5) is 24.8. The van der Waals surface area contributed by atoms with Crippen molar-refractivity contribution in [2.45, 2.75) is 13.3 Å². The molecule has 1 aliphatic rings. The van der Waals surface area contributed by atoms with Gasteiger partial charge in [0.2, 0.25) is 0 Å². The Balaban J connectivity index is 1.75. The zero-order valence-corrected chi connectivity index (χ0v) is 14.6. The highest BCUT2D eigenvalue weighted by Gasteiger charge is 2.31. The molecule has 1 fully saturated rings. The minimum absolute atomic E-state index is 0.188. The normalized spacial score (nSPS) is 20.9. The average Bonchev–Trinajstić information content (AvgIpc) is 2.50. The van der Waals surface area contributed by atoms with Crippen LogP contribution in [0.15, 0.2) is 28.7 Å². The van der Waals surface area contributed by atoms with Crippen molar-refractivity contribution in [1.29, 1.82) is 0 Å². The van der Waals surface area contributed by atoms with Gasteiger partial charge in [-0.3, -0.25) is 4.79 Å². The lowest BCUT2D eigenvalue weighted by Gasteiger charge is -2.34. The second kappa shape index (κ2) is 8.19. The molecule has 126 valence electrons. The molecule has 0 saturated carbocycles. The highest BCUT2D eigenvalue weighted by atomic mass is 79.9. The van der Waals surface area contributed by atoms with E-state index in [1.165, 1.54) is 0 Å². The third-order valence-electron chi connectivity index (χ3n) is 3.74. The maximum absolute atomic E-state index is 12.1. The molecule has 2 rings (SSSR count). The van der Waals surface area contributed by atoms with E-state index in [1.54, 1.807) is 4.90 Å². The Morgan fingerprint density at radius 3 is 2.91 bits per heavy atom. The summed E-state index contributed by atoms with van der Waals surface area (Å²) in [6.07, 6.45) is 0.616. The molecule has 1 aliphatic heterocycles. The molecule has 1 saturated heterocycles. The number of halogens is 1. The minimum Gasteiger partial charge on any atom is -0.492 e. The van der Waals surface area contributed by atoms with Crippen LogP contribution in [0.1, 0.15) is 13.3 Å². The van der Waals surface area contributed by atoms with Gasteiger partial charge in [-0.15, -0.1) is 0 Å². The molecule has 1 heterocycles. The number of carboxylic acid groups (broad SMARTS) is 1. The minimum atomic E-state index is -0.840. The van der Waals surface area contributed by atoms with E-state index in [4.69, 9.17) is 9.84 Å². The van der Waals surface area contributed by atoms with Crippen molar-refractivity contribution in [2.24, 2.45) is 11.8 Å². The van der Waals surface area contributed by atoms with Crippen LogP contribution in [0.3, 0.4) is 0 Å². The number of hydrogen-bond donors (Lipinski definition) is 2. The third kappa shape index (κ3) is 5.42. The lowest BCUT2D eigenvalue weighted by atomic mass is 9.91. The van der Waals surface area contributed by atoms with Crippen molar-refractivity contribution < 1.29 is 19.4 Å². The molecule has 0 radical (unpaired) electrons. The molecular weight excluding hydrogens is 364 g/mol. The zero-order valence-electron chi connectivity index (χ0n) is 13.0. The molecule has 2 atom stereocenters. The van der Waals surface area contributed by atoms with E-state index in [2.05, 4.69) is 21.2 Å². The number of amides is 2. The summed E-state index contributed by atoms with van der Waals surface area (Å²) < 4.78 is 6.48. The lowest BCUT2D eigenvalue weighted by Crippen LogP contribution is -2.50. The number of benzene rings is 1. The molecule has 0 aromatic heterocycles. The number of rotatable bonds is 5. The van der Waals surface area contributed by atoms with Crippen LogP contribution in [0.2, 0.25) is 0 Å². The first kappa shape index (κ1) is 17.6. The van der Waals surface area contributed by atoms with Crippen molar-refractivity contribution in [1.82, 2.24) is 10.2 Å². The average molecular weight is 385 g/mol. The van der Waals surface area contributed by atoms with Crippen molar-refractivity contribution in [3.8, 4) is 5.75 Å². The van der Waals surface area contributed by atoms with Gasteiger partial charge >= 0.3 is 12.0 Å². The fraction of sp³-hybridized carbons (Fsp3) is 0.500. The Hall–Kier alpha value is -1.76. The number of nitrogens with one attached hydrogen (secondary N) is 1. The van der Waals surface area contributed by atoms with E-state index in [0.717, 1.165) is 10.2 Å². The molecule has 1 aromatic carbocycles. The fourth-order valence-corrected chi connectivity index (χ4v) is 3.07. The number of piperidine rings is 1. The first-order valence-electron chi connectivity index (χ1n) is 7.59. The summed E-state index contributed by atoms with van der Waals surface area (Å²) in [6, 6.07) is 7.24. The number of nitrogens with zero attached hydrogens (tertiary/aromatic N) is 1. The van der Waals surface area contributed by atoms with Gasteiger partial charge in [-0.05, 0) is 30.5 Å². The third-order valence-corrected chi connectivity index (χ3v) is 4.23. The van der Waals surface area contributed by atoms with E-state index in [1.807, 2.05) is 31.2 Å². The summed E-state index contributed by atoms with van der Waals surface area (Å²) >= 11 is 3.36. The van der Waals surface area contributed by atoms with Crippen molar-refractivity contribution >= 4 is 27.9 Å². The van der Waals surface area contributed by atoms with Gasteiger partial charge in [0.05, 0.1) is 12.5 Å². The van der Waals surface area contributed by atoms with Crippen molar-refractivity contribution in [3.63, 3.8) is 0 Å². The van der Waals surface area contributed by atoms with Crippen LogP contribution in [-0.4, -0.2) is 48.2 Å². The first-order valence-corrected chi connectivity index (χ1v) is 8.39. The second-order valence-electron chi connectivity index (χ2n) is 5.82. The van der Waals surface area contributed by atoms with Crippen LogP contribution < -0.4 is 10.1 Å². The van der Waals surface area contributed by atoms with Gasteiger partial charge in [0.1, 0.15) is 12.4 Å². The Labute approximate surface area is 143 Å².